The third-order valence-corrected chi connectivity index (χ3v) is 2.68. The molecule has 108 valence electrons. The second kappa shape index (κ2) is 6.10. The first-order valence-corrected chi connectivity index (χ1v) is 6.40. The Morgan fingerprint density at radius 1 is 1.42 bits per heavy atom. The van der Waals surface area contributed by atoms with Crippen molar-refractivity contribution < 1.29 is 14.2 Å². The summed E-state index contributed by atoms with van der Waals surface area (Å²) in [7, 11) is 0. The van der Waals surface area contributed by atoms with E-state index in [2.05, 4.69) is 5.32 Å². The third-order valence-electron chi connectivity index (χ3n) is 2.68. The molecule has 19 heavy (non-hydrogen) atoms. The van der Waals surface area contributed by atoms with Crippen LogP contribution in [-0.4, -0.2) is 23.4 Å². The van der Waals surface area contributed by atoms with Crippen molar-refractivity contribution in [2.45, 2.75) is 45.8 Å². The standard InChI is InChI=1S/C14H23FN2O2/c1-9(2)19-13-8-12(11(16)7-10(13)15)17-14(3,4)5-6-18/h7-9,17-18H,5-6,16H2,1-4H3. The zero-order chi connectivity index (χ0) is 14.6. The van der Waals surface area contributed by atoms with E-state index in [1.54, 1.807) is 6.07 Å². The molecule has 5 heteroatoms. The summed E-state index contributed by atoms with van der Waals surface area (Å²) >= 11 is 0. The van der Waals surface area contributed by atoms with Crippen LogP contribution in [-0.2, 0) is 0 Å². The van der Waals surface area contributed by atoms with Crippen LogP contribution < -0.4 is 15.8 Å². The fourth-order valence-corrected chi connectivity index (χ4v) is 1.73. The first-order chi connectivity index (χ1) is 8.75. The van der Waals surface area contributed by atoms with Gasteiger partial charge in [0.05, 0.1) is 17.5 Å². The molecule has 0 saturated heterocycles. The molecule has 0 heterocycles. The maximum absolute atomic E-state index is 13.7. The summed E-state index contributed by atoms with van der Waals surface area (Å²) in [5, 5.41) is 12.2. The van der Waals surface area contributed by atoms with Gasteiger partial charge < -0.3 is 20.9 Å². The highest BCUT2D eigenvalue weighted by Gasteiger charge is 2.19. The van der Waals surface area contributed by atoms with Crippen molar-refractivity contribution in [1.82, 2.24) is 0 Å². The minimum atomic E-state index is -0.475. The van der Waals surface area contributed by atoms with Crippen molar-refractivity contribution in [1.29, 1.82) is 0 Å². The maximum Gasteiger partial charge on any atom is 0.167 e. The smallest absolute Gasteiger partial charge is 0.167 e. The SMILES string of the molecule is CC(C)Oc1cc(NC(C)(C)CCO)c(N)cc1F. The molecule has 1 rings (SSSR count). The highest BCUT2D eigenvalue weighted by Crippen LogP contribution is 2.31. The molecule has 0 atom stereocenters. The number of nitrogens with two attached hydrogens (primary N) is 1. The number of nitrogen functional groups attached to an aromatic ring is 1. The average Bonchev–Trinajstić information content (AvgIpc) is 2.23. The number of rotatable bonds is 6. The zero-order valence-electron chi connectivity index (χ0n) is 12.0. The van der Waals surface area contributed by atoms with Crippen molar-refractivity contribution in [2.24, 2.45) is 0 Å². The van der Waals surface area contributed by atoms with Crippen LogP contribution in [0.25, 0.3) is 0 Å². The van der Waals surface area contributed by atoms with E-state index in [1.807, 2.05) is 27.7 Å². The van der Waals surface area contributed by atoms with Crippen LogP contribution >= 0.6 is 0 Å². The van der Waals surface area contributed by atoms with E-state index in [0.717, 1.165) is 0 Å². The molecule has 1 aromatic rings. The Morgan fingerprint density at radius 3 is 2.58 bits per heavy atom. The number of nitrogens with one attached hydrogen (secondary N) is 1. The zero-order valence-corrected chi connectivity index (χ0v) is 12.0. The first kappa shape index (κ1) is 15.6. The van der Waals surface area contributed by atoms with Gasteiger partial charge in [-0.15, -0.1) is 0 Å². The Labute approximate surface area is 113 Å². The molecule has 0 spiro atoms. The molecule has 0 aliphatic heterocycles. The van der Waals surface area contributed by atoms with Gasteiger partial charge in [0.1, 0.15) is 0 Å². The Morgan fingerprint density at radius 2 is 2.05 bits per heavy atom. The summed E-state index contributed by atoms with van der Waals surface area (Å²) in [4.78, 5) is 0. The lowest BCUT2D eigenvalue weighted by molar-refractivity contribution is 0.231. The van der Waals surface area contributed by atoms with E-state index in [-0.39, 0.29) is 24.0 Å². The van der Waals surface area contributed by atoms with Crippen LogP contribution in [0.4, 0.5) is 15.8 Å². The molecular formula is C14H23FN2O2. The normalized spacial score (nSPS) is 11.7. The van der Waals surface area contributed by atoms with Gasteiger partial charge in [-0.3, -0.25) is 0 Å². The Bertz CT molecular complexity index is 434. The largest absolute Gasteiger partial charge is 0.488 e. The minimum Gasteiger partial charge on any atom is -0.488 e. The van der Waals surface area contributed by atoms with Gasteiger partial charge in [0.25, 0.3) is 0 Å². The summed E-state index contributed by atoms with van der Waals surface area (Å²) in [5.41, 5.74) is 6.39. The molecule has 0 aliphatic rings. The van der Waals surface area contributed by atoms with E-state index in [1.165, 1.54) is 6.07 Å². The fraction of sp³-hybridized carbons (Fsp3) is 0.571. The first-order valence-electron chi connectivity index (χ1n) is 6.40. The second-order valence-electron chi connectivity index (χ2n) is 5.52. The fourth-order valence-electron chi connectivity index (χ4n) is 1.73. The Kier molecular flexibility index (Phi) is 5.00. The number of halogens is 1. The minimum absolute atomic E-state index is 0.0659. The predicted molar refractivity (Wildman–Crippen MR) is 76.0 cm³/mol. The van der Waals surface area contributed by atoms with Gasteiger partial charge in [0, 0.05) is 24.3 Å². The molecule has 0 unspecified atom stereocenters. The second-order valence-corrected chi connectivity index (χ2v) is 5.52. The summed E-state index contributed by atoms with van der Waals surface area (Å²) in [6.07, 6.45) is 0.445. The van der Waals surface area contributed by atoms with Crippen LogP contribution in [0.2, 0.25) is 0 Å². The van der Waals surface area contributed by atoms with Gasteiger partial charge in [0.2, 0.25) is 0 Å². The topological polar surface area (TPSA) is 67.5 Å². The van der Waals surface area contributed by atoms with Crippen LogP contribution in [0.3, 0.4) is 0 Å². The highest BCUT2D eigenvalue weighted by molar-refractivity contribution is 5.69. The van der Waals surface area contributed by atoms with Gasteiger partial charge in [-0.1, -0.05) is 0 Å². The van der Waals surface area contributed by atoms with E-state index in [4.69, 9.17) is 15.6 Å². The molecule has 0 fully saturated rings. The Balaban J connectivity index is 3.00. The van der Waals surface area contributed by atoms with Crippen LogP contribution in [0.15, 0.2) is 12.1 Å². The number of benzene rings is 1. The summed E-state index contributed by atoms with van der Waals surface area (Å²) in [5.74, 6) is -0.303. The van der Waals surface area contributed by atoms with Gasteiger partial charge in [-0.2, -0.15) is 0 Å². The molecule has 0 aromatic heterocycles. The molecule has 0 bridgehead atoms. The van der Waals surface area contributed by atoms with Gasteiger partial charge in [-0.25, -0.2) is 4.39 Å². The maximum atomic E-state index is 13.7. The lowest BCUT2D eigenvalue weighted by Crippen LogP contribution is -2.32. The lowest BCUT2D eigenvalue weighted by atomic mass is 10.0. The van der Waals surface area contributed by atoms with E-state index in [0.29, 0.717) is 17.8 Å². The monoisotopic (exact) mass is 270 g/mol. The summed E-state index contributed by atoms with van der Waals surface area (Å²) < 4.78 is 19.1. The molecule has 0 radical (unpaired) electrons. The number of hydrogen-bond donors (Lipinski definition) is 3. The van der Waals surface area contributed by atoms with Crippen molar-refractivity contribution in [3.63, 3.8) is 0 Å². The molecule has 4 N–H and O–H groups in total. The van der Waals surface area contributed by atoms with E-state index >= 15 is 0 Å². The van der Waals surface area contributed by atoms with Crippen LogP contribution in [0.5, 0.6) is 5.75 Å². The van der Waals surface area contributed by atoms with Crippen LogP contribution in [0.1, 0.15) is 34.1 Å². The van der Waals surface area contributed by atoms with E-state index < -0.39 is 5.82 Å². The number of ether oxygens (including phenoxy) is 1. The quantitative estimate of drug-likeness (QED) is 0.695. The summed E-state index contributed by atoms with van der Waals surface area (Å²) in [6.45, 7) is 7.61. The summed E-state index contributed by atoms with van der Waals surface area (Å²) in [6, 6.07) is 2.80. The van der Waals surface area contributed by atoms with Crippen molar-refractivity contribution in [3.8, 4) is 5.75 Å². The molecular weight excluding hydrogens is 247 g/mol. The van der Waals surface area contributed by atoms with Crippen molar-refractivity contribution in [2.75, 3.05) is 17.7 Å². The van der Waals surface area contributed by atoms with E-state index in [9.17, 15) is 4.39 Å². The number of anilines is 2. The lowest BCUT2D eigenvalue weighted by Gasteiger charge is -2.28. The van der Waals surface area contributed by atoms with Crippen LogP contribution in [0, 0.1) is 5.82 Å². The number of aliphatic hydroxyl groups is 1. The number of hydrogen-bond acceptors (Lipinski definition) is 4. The molecule has 0 amide bonds. The molecule has 4 nitrogen and oxygen atoms in total. The van der Waals surface area contributed by atoms with Gasteiger partial charge >= 0.3 is 0 Å². The molecule has 0 saturated carbocycles. The highest BCUT2D eigenvalue weighted by atomic mass is 19.1. The third kappa shape index (κ3) is 4.59. The average molecular weight is 270 g/mol. The van der Waals surface area contributed by atoms with Gasteiger partial charge in [0.15, 0.2) is 11.6 Å². The number of aliphatic hydroxyl groups excluding tert-OH is 1. The van der Waals surface area contributed by atoms with Crippen molar-refractivity contribution >= 4 is 11.4 Å². The predicted octanol–water partition coefficient (Wildman–Crippen LogP) is 2.77. The molecule has 0 aliphatic carbocycles. The van der Waals surface area contributed by atoms with Gasteiger partial charge in [-0.05, 0) is 34.1 Å². The molecule has 1 aromatic carbocycles. The Hall–Kier alpha value is -1.49. The van der Waals surface area contributed by atoms with Crippen molar-refractivity contribution in [3.05, 3.63) is 17.9 Å².